The monoisotopic (exact) mass is 393 g/mol. The highest BCUT2D eigenvalue weighted by atomic mass is 35.5. The molecule has 0 unspecified atom stereocenters. The average molecular weight is 395 g/mol. The Labute approximate surface area is 147 Å². The first kappa shape index (κ1) is 17.9. The number of hydrogen-bond donors (Lipinski definition) is 2. The molecule has 0 radical (unpaired) electrons. The van der Waals surface area contributed by atoms with Gasteiger partial charge in [-0.3, -0.25) is 4.72 Å². The lowest BCUT2D eigenvalue weighted by Gasteiger charge is -2.14. The van der Waals surface area contributed by atoms with E-state index in [0.717, 1.165) is 0 Å². The van der Waals surface area contributed by atoms with Crippen LogP contribution in [0.1, 0.15) is 15.9 Å². The van der Waals surface area contributed by atoms with Gasteiger partial charge in [-0.2, -0.15) is 0 Å². The zero-order valence-corrected chi connectivity index (χ0v) is 14.7. The molecule has 9 heteroatoms. The van der Waals surface area contributed by atoms with Crippen LogP contribution in [0.5, 0.6) is 0 Å². The summed E-state index contributed by atoms with van der Waals surface area (Å²) in [7, 11) is -4.12. The number of hydrogen-bond acceptors (Lipinski definition) is 3. The molecule has 2 rings (SSSR count). The smallest absolute Gasteiger partial charge is 0.336 e. The topological polar surface area (TPSA) is 83.5 Å². The van der Waals surface area contributed by atoms with Crippen LogP contribution in [0.2, 0.25) is 15.1 Å². The highest BCUT2D eigenvalue weighted by Crippen LogP contribution is 2.34. The molecule has 0 spiro atoms. The summed E-state index contributed by atoms with van der Waals surface area (Å²) in [4.78, 5) is 10.8. The molecule has 5 nitrogen and oxygen atoms in total. The molecule has 0 amide bonds. The van der Waals surface area contributed by atoms with Crippen LogP contribution >= 0.6 is 34.8 Å². The molecule has 0 bridgehead atoms. The molecule has 0 aliphatic carbocycles. The fourth-order valence-electron chi connectivity index (χ4n) is 1.96. The van der Waals surface area contributed by atoms with E-state index in [1.54, 1.807) is 0 Å². The third kappa shape index (κ3) is 3.72. The number of halogens is 3. The van der Waals surface area contributed by atoms with E-state index in [9.17, 15) is 13.2 Å². The Bertz CT molecular complexity index is 874. The van der Waals surface area contributed by atoms with Crippen molar-refractivity contribution in [2.75, 3.05) is 4.72 Å². The molecular formula is C14H10Cl3NO4S. The molecule has 0 aliphatic heterocycles. The minimum absolute atomic E-state index is 0.0153. The molecule has 0 saturated heterocycles. The first-order valence-corrected chi connectivity index (χ1v) is 8.75. The van der Waals surface area contributed by atoms with E-state index in [1.807, 2.05) is 0 Å². The predicted octanol–water partition coefficient (Wildman–Crippen LogP) is 4.45. The minimum atomic E-state index is -4.12. The van der Waals surface area contributed by atoms with Gasteiger partial charge in [0.05, 0.1) is 21.3 Å². The molecule has 0 aromatic heterocycles. The van der Waals surface area contributed by atoms with Crippen molar-refractivity contribution in [3.63, 3.8) is 0 Å². The van der Waals surface area contributed by atoms with E-state index < -0.39 is 16.0 Å². The summed E-state index contributed by atoms with van der Waals surface area (Å²) >= 11 is 17.6. The van der Waals surface area contributed by atoms with E-state index in [4.69, 9.17) is 39.9 Å². The van der Waals surface area contributed by atoms with Gasteiger partial charge in [0.1, 0.15) is 4.90 Å². The van der Waals surface area contributed by atoms with E-state index in [0.29, 0.717) is 0 Å². The van der Waals surface area contributed by atoms with Gasteiger partial charge < -0.3 is 5.11 Å². The molecule has 0 atom stereocenters. The quantitative estimate of drug-likeness (QED) is 0.802. The van der Waals surface area contributed by atoms with Crippen LogP contribution in [0.4, 0.5) is 5.69 Å². The Kier molecular flexibility index (Phi) is 5.10. The van der Waals surface area contributed by atoms with Crippen LogP contribution in [0, 0.1) is 6.92 Å². The lowest BCUT2D eigenvalue weighted by molar-refractivity contribution is 0.0696. The van der Waals surface area contributed by atoms with Gasteiger partial charge in [0, 0.05) is 5.02 Å². The first-order valence-electron chi connectivity index (χ1n) is 6.13. The summed E-state index contributed by atoms with van der Waals surface area (Å²) in [6.07, 6.45) is 0. The zero-order valence-electron chi connectivity index (χ0n) is 11.6. The molecule has 0 aliphatic rings. The second kappa shape index (κ2) is 6.57. The first-order chi connectivity index (χ1) is 10.6. The fourth-order valence-corrected chi connectivity index (χ4v) is 4.63. The molecule has 2 aromatic rings. The molecule has 122 valence electrons. The largest absolute Gasteiger partial charge is 0.478 e. The Morgan fingerprint density at radius 1 is 1.13 bits per heavy atom. The summed E-state index contributed by atoms with van der Waals surface area (Å²) in [5.41, 5.74) is 0.371. The molecule has 0 heterocycles. The zero-order chi connectivity index (χ0) is 17.4. The van der Waals surface area contributed by atoms with Gasteiger partial charge in [-0.1, -0.05) is 40.9 Å². The summed E-state index contributed by atoms with van der Waals surface area (Å²) < 4.78 is 27.3. The number of carbonyl (C=O) groups is 1. The fraction of sp³-hybridized carbons (Fsp3) is 0.0714. The van der Waals surface area contributed by atoms with Gasteiger partial charge >= 0.3 is 5.97 Å². The van der Waals surface area contributed by atoms with Crippen molar-refractivity contribution in [1.29, 1.82) is 0 Å². The van der Waals surface area contributed by atoms with Crippen molar-refractivity contribution in [2.24, 2.45) is 0 Å². The van der Waals surface area contributed by atoms with Gasteiger partial charge in [0.15, 0.2) is 0 Å². The molecule has 0 fully saturated rings. The maximum absolute atomic E-state index is 12.5. The molecule has 2 N–H and O–H groups in total. The van der Waals surface area contributed by atoms with E-state index in [-0.39, 0.29) is 36.8 Å². The van der Waals surface area contributed by atoms with E-state index in [1.165, 1.54) is 37.3 Å². The van der Waals surface area contributed by atoms with Gasteiger partial charge in [0.2, 0.25) is 0 Å². The van der Waals surface area contributed by atoms with Crippen molar-refractivity contribution in [3.8, 4) is 0 Å². The Morgan fingerprint density at radius 2 is 1.70 bits per heavy atom. The Hall–Kier alpha value is -1.47. The highest BCUT2D eigenvalue weighted by molar-refractivity contribution is 7.93. The third-order valence-electron chi connectivity index (χ3n) is 3.04. The maximum Gasteiger partial charge on any atom is 0.336 e. The minimum Gasteiger partial charge on any atom is -0.478 e. The number of anilines is 1. The molecule has 0 saturated carbocycles. The molecule has 2 aromatic carbocycles. The van der Waals surface area contributed by atoms with Crippen molar-refractivity contribution in [1.82, 2.24) is 0 Å². The number of aromatic carboxylic acids is 1. The van der Waals surface area contributed by atoms with Crippen molar-refractivity contribution in [3.05, 3.63) is 56.5 Å². The normalized spacial score (nSPS) is 11.3. The standard InChI is InChI=1S/C14H10Cl3NO4S/c1-7-9(14(19)20)3-2-4-12(7)18-23(21,22)13-10(16)5-8(15)6-11(13)17/h2-6,18H,1H3,(H,19,20). The maximum atomic E-state index is 12.5. The number of carboxylic acid groups (broad SMARTS) is 1. The van der Waals surface area contributed by atoms with Crippen molar-refractivity contribution >= 4 is 56.5 Å². The van der Waals surface area contributed by atoms with Gasteiger partial charge in [-0.25, -0.2) is 13.2 Å². The number of rotatable bonds is 4. The highest BCUT2D eigenvalue weighted by Gasteiger charge is 2.24. The third-order valence-corrected chi connectivity index (χ3v) is 5.54. The van der Waals surface area contributed by atoms with Crippen LogP contribution in [0.3, 0.4) is 0 Å². The van der Waals surface area contributed by atoms with Crippen molar-refractivity contribution in [2.45, 2.75) is 11.8 Å². The summed E-state index contributed by atoms with van der Waals surface area (Å²) in [6.45, 7) is 1.49. The number of sulfonamides is 1. The second-order valence-corrected chi connectivity index (χ2v) is 7.46. The molecule has 23 heavy (non-hydrogen) atoms. The van der Waals surface area contributed by atoms with Gasteiger partial charge in [0.25, 0.3) is 10.0 Å². The van der Waals surface area contributed by atoms with E-state index >= 15 is 0 Å². The number of carboxylic acids is 1. The average Bonchev–Trinajstić information content (AvgIpc) is 2.38. The lowest BCUT2D eigenvalue weighted by Crippen LogP contribution is -2.16. The summed E-state index contributed by atoms with van der Waals surface area (Å²) in [6, 6.07) is 6.75. The summed E-state index contributed by atoms with van der Waals surface area (Å²) in [5.74, 6) is -1.16. The van der Waals surface area contributed by atoms with Crippen LogP contribution in [0.25, 0.3) is 0 Å². The number of nitrogens with one attached hydrogen (secondary N) is 1. The molecular weight excluding hydrogens is 385 g/mol. The lowest BCUT2D eigenvalue weighted by atomic mass is 10.1. The Morgan fingerprint density at radius 3 is 2.22 bits per heavy atom. The number of benzene rings is 2. The van der Waals surface area contributed by atoms with Crippen LogP contribution < -0.4 is 4.72 Å². The van der Waals surface area contributed by atoms with E-state index in [2.05, 4.69) is 4.72 Å². The predicted molar refractivity (Wildman–Crippen MR) is 90.4 cm³/mol. The van der Waals surface area contributed by atoms with Gasteiger partial charge in [-0.05, 0) is 36.8 Å². The van der Waals surface area contributed by atoms with Crippen molar-refractivity contribution < 1.29 is 18.3 Å². The van der Waals surface area contributed by atoms with Gasteiger partial charge in [-0.15, -0.1) is 0 Å². The van der Waals surface area contributed by atoms with Crippen LogP contribution in [-0.4, -0.2) is 19.5 Å². The van der Waals surface area contributed by atoms with Crippen LogP contribution in [-0.2, 0) is 10.0 Å². The Balaban J connectivity index is 2.52. The summed E-state index contributed by atoms with van der Waals surface area (Å²) in [5, 5.41) is 9.01. The SMILES string of the molecule is Cc1c(NS(=O)(=O)c2c(Cl)cc(Cl)cc2Cl)cccc1C(=O)O. The van der Waals surface area contributed by atoms with Crippen LogP contribution in [0.15, 0.2) is 35.2 Å². The second-order valence-electron chi connectivity index (χ2n) is 4.59.